The quantitative estimate of drug-likeness (QED) is 0.624. The van der Waals surface area contributed by atoms with Gasteiger partial charge in [0.2, 0.25) is 0 Å². The molecule has 0 amide bonds. The molecule has 0 saturated heterocycles. The van der Waals surface area contributed by atoms with Gasteiger partial charge in [-0.05, 0) is 18.1 Å². The fraction of sp³-hybridized carbons (Fsp3) is 0.333. The lowest BCUT2D eigenvalue weighted by atomic mass is 10.1. The largest absolute Gasteiger partial charge is 0.506 e. The monoisotopic (exact) mass is 167 g/mol. The average Bonchev–Trinajstić information content (AvgIpc) is 2.49. The van der Waals surface area contributed by atoms with Gasteiger partial charge in [-0.3, -0.25) is 0 Å². The normalized spacial score (nSPS) is 20.2. The van der Waals surface area contributed by atoms with Crippen LogP contribution in [0.5, 0.6) is 5.75 Å². The Morgan fingerprint density at radius 1 is 1.58 bits per heavy atom. The van der Waals surface area contributed by atoms with Crippen LogP contribution in [-0.2, 0) is 6.42 Å². The zero-order valence-corrected chi connectivity index (χ0v) is 6.55. The molecule has 0 bridgehead atoms. The number of alkyl halides is 1. The van der Waals surface area contributed by atoms with Gasteiger partial charge in [-0.2, -0.15) is 0 Å². The van der Waals surface area contributed by atoms with Crippen molar-refractivity contribution in [2.24, 2.45) is 0 Å². The highest BCUT2D eigenvalue weighted by molar-refractivity contribution is 5.65. The predicted octanol–water partition coefficient (Wildman–Crippen LogP) is 1.70. The molecule has 0 fully saturated rings. The molecular weight excluding hydrogens is 157 g/mol. The van der Waals surface area contributed by atoms with Gasteiger partial charge in [-0.15, -0.1) is 0 Å². The zero-order valence-electron chi connectivity index (χ0n) is 6.55. The zero-order chi connectivity index (χ0) is 8.55. The van der Waals surface area contributed by atoms with Gasteiger partial charge in [0.15, 0.2) is 0 Å². The molecule has 64 valence electrons. The number of hydrogen-bond donors (Lipinski definition) is 2. The molecule has 0 spiro atoms. The molecule has 1 aromatic carbocycles. The Morgan fingerprint density at radius 2 is 2.42 bits per heavy atom. The second-order valence-electron chi connectivity index (χ2n) is 3.01. The maximum Gasteiger partial charge on any atom is 0.138 e. The van der Waals surface area contributed by atoms with Crippen molar-refractivity contribution in [1.29, 1.82) is 0 Å². The van der Waals surface area contributed by atoms with Crippen LogP contribution >= 0.6 is 0 Å². The van der Waals surface area contributed by atoms with Crippen molar-refractivity contribution in [3.8, 4) is 5.75 Å². The van der Waals surface area contributed by atoms with Crippen molar-refractivity contribution in [3.05, 3.63) is 23.8 Å². The van der Waals surface area contributed by atoms with Crippen LogP contribution < -0.4 is 5.32 Å². The Hall–Kier alpha value is -1.25. The van der Waals surface area contributed by atoms with E-state index in [-0.39, 0.29) is 11.8 Å². The lowest BCUT2D eigenvalue weighted by Gasteiger charge is -2.05. The topological polar surface area (TPSA) is 32.3 Å². The molecule has 1 atom stereocenters. The van der Waals surface area contributed by atoms with E-state index < -0.39 is 6.67 Å². The number of rotatable bonds is 1. The Morgan fingerprint density at radius 3 is 3.08 bits per heavy atom. The third-order valence-electron chi connectivity index (χ3n) is 2.13. The van der Waals surface area contributed by atoms with Crippen molar-refractivity contribution >= 4 is 5.69 Å². The lowest BCUT2D eigenvalue weighted by molar-refractivity contribution is 0.449. The number of fused-ring (bicyclic) bond motifs is 1. The molecule has 1 aromatic rings. The summed E-state index contributed by atoms with van der Waals surface area (Å²) in [5.41, 5.74) is 1.69. The average molecular weight is 167 g/mol. The highest BCUT2D eigenvalue weighted by atomic mass is 19.1. The minimum atomic E-state index is -0.395. The number of phenolic OH excluding ortho intramolecular Hbond substituents is 1. The summed E-state index contributed by atoms with van der Waals surface area (Å²) in [6.07, 6.45) is 0.667. The van der Waals surface area contributed by atoms with E-state index in [2.05, 4.69) is 5.32 Å². The van der Waals surface area contributed by atoms with Gasteiger partial charge < -0.3 is 10.4 Å². The van der Waals surface area contributed by atoms with Crippen LogP contribution in [0.2, 0.25) is 0 Å². The molecule has 1 aliphatic heterocycles. The summed E-state index contributed by atoms with van der Waals surface area (Å²) in [6.45, 7) is -0.395. The summed E-state index contributed by atoms with van der Waals surface area (Å²) in [5.74, 6) is 0.212. The molecular formula is C9H10FNO. The van der Waals surface area contributed by atoms with E-state index in [1.54, 1.807) is 12.1 Å². The van der Waals surface area contributed by atoms with Crippen LogP contribution in [0.3, 0.4) is 0 Å². The molecule has 1 heterocycles. The van der Waals surface area contributed by atoms with Gasteiger partial charge in [0.05, 0.1) is 11.7 Å². The van der Waals surface area contributed by atoms with Crippen LogP contribution in [0.1, 0.15) is 5.56 Å². The first kappa shape index (κ1) is 7.40. The second-order valence-corrected chi connectivity index (χ2v) is 3.01. The molecule has 2 nitrogen and oxygen atoms in total. The molecule has 0 aliphatic carbocycles. The van der Waals surface area contributed by atoms with E-state index in [0.717, 1.165) is 5.56 Å². The van der Waals surface area contributed by atoms with Crippen LogP contribution in [0.25, 0.3) is 0 Å². The summed E-state index contributed by atoms with van der Waals surface area (Å²) in [4.78, 5) is 0. The first-order valence-corrected chi connectivity index (χ1v) is 3.94. The van der Waals surface area contributed by atoms with E-state index >= 15 is 0 Å². The number of anilines is 1. The molecule has 1 unspecified atom stereocenters. The molecule has 3 heteroatoms. The minimum Gasteiger partial charge on any atom is -0.506 e. The third kappa shape index (κ3) is 1.02. The van der Waals surface area contributed by atoms with Crippen molar-refractivity contribution in [3.63, 3.8) is 0 Å². The van der Waals surface area contributed by atoms with Gasteiger partial charge in [0, 0.05) is 0 Å². The summed E-state index contributed by atoms with van der Waals surface area (Å²) < 4.78 is 12.3. The van der Waals surface area contributed by atoms with Crippen LogP contribution in [0, 0.1) is 0 Å². The Kier molecular flexibility index (Phi) is 1.64. The van der Waals surface area contributed by atoms with Crippen molar-refractivity contribution in [2.45, 2.75) is 12.5 Å². The van der Waals surface area contributed by atoms with Gasteiger partial charge in [-0.1, -0.05) is 12.1 Å². The van der Waals surface area contributed by atoms with Crippen LogP contribution in [0.15, 0.2) is 18.2 Å². The van der Waals surface area contributed by atoms with Crippen molar-refractivity contribution in [1.82, 2.24) is 0 Å². The van der Waals surface area contributed by atoms with E-state index in [0.29, 0.717) is 12.1 Å². The number of phenols is 1. The molecule has 1 aliphatic rings. The molecule has 2 N–H and O–H groups in total. The maximum absolute atomic E-state index is 12.3. The van der Waals surface area contributed by atoms with Crippen LogP contribution in [0.4, 0.5) is 10.1 Å². The number of para-hydroxylation sites is 1. The molecule has 12 heavy (non-hydrogen) atoms. The van der Waals surface area contributed by atoms with E-state index in [1.807, 2.05) is 6.07 Å². The number of halogens is 1. The van der Waals surface area contributed by atoms with Crippen LogP contribution in [-0.4, -0.2) is 17.8 Å². The molecule has 0 aromatic heterocycles. The first-order valence-electron chi connectivity index (χ1n) is 3.94. The van der Waals surface area contributed by atoms with E-state index in [9.17, 15) is 9.50 Å². The lowest BCUT2D eigenvalue weighted by Crippen LogP contribution is -2.17. The number of nitrogens with one attached hydrogen (secondary N) is 1. The Bertz CT molecular complexity index is 301. The standard InChI is InChI=1S/C9H10FNO/c10-5-7-4-6-2-1-3-8(12)9(6)11-7/h1-3,7,11-12H,4-5H2. The number of aromatic hydroxyl groups is 1. The Balaban J connectivity index is 2.35. The summed E-state index contributed by atoms with van der Waals surface area (Å²) in [5, 5.41) is 12.3. The van der Waals surface area contributed by atoms with Gasteiger partial charge in [-0.25, -0.2) is 4.39 Å². The maximum atomic E-state index is 12.3. The number of hydrogen-bond acceptors (Lipinski definition) is 2. The van der Waals surface area contributed by atoms with Crippen molar-refractivity contribution < 1.29 is 9.50 Å². The summed E-state index contributed by atoms with van der Waals surface area (Å²) in [6, 6.07) is 5.12. The summed E-state index contributed by atoms with van der Waals surface area (Å²) in [7, 11) is 0. The smallest absolute Gasteiger partial charge is 0.138 e. The number of benzene rings is 1. The highest BCUT2D eigenvalue weighted by Gasteiger charge is 2.22. The second kappa shape index (κ2) is 2.66. The summed E-state index contributed by atoms with van der Waals surface area (Å²) >= 11 is 0. The fourth-order valence-electron chi connectivity index (χ4n) is 1.54. The van der Waals surface area contributed by atoms with Gasteiger partial charge >= 0.3 is 0 Å². The molecule has 0 saturated carbocycles. The molecule has 0 radical (unpaired) electrons. The highest BCUT2D eigenvalue weighted by Crippen LogP contribution is 2.33. The van der Waals surface area contributed by atoms with E-state index in [1.165, 1.54) is 0 Å². The first-order chi connectivity index (χ1) is 5.81. The minimum absolute atomic E-state index is 0.159. The van der Waals surface area contributed by atoms with Gasteiger partial charge in [0.1, 0.15) is 12.4 Å². The Labute approximate surface area is 70.0 Å². The SMILES string of the molecule is Oc1cccc2c1NC(CF)C2. The van der Waals surface area contributed by atoms with Gasteiger partial charge in [0.25, 0.3) is 0 Å². The van der Waals surface area contributed by atoms with Crippen molar-refractivity contribution in [2.75, 3.05) is 12.0 Å². The predicted molar refractivity (Wildman–Crippen MR) is 45.2 cm³/mol. The molecule has 2 rings (SSSR count). The third-order valence-corrected chi connectivity index (χ3v) is 2.13. The fourth-order valence-corrected chi connectivity index (χ4v) is 1.54. The van der Waals surface area contributed by atoms with E-state index in [4.69, 9.17) is 0 Å².